The number of nitrogens with two attached hydrogens (primary N) is 1. The molecule has 2 rings (SSSR count). The second-order valence-electron chi connectivity index (χ2n) is 4.73. The zero-order valence-electron chi connectivity index (χ0n) is 9.95. The Morgan fingerprint density at radius 2 is 2.29 bits per heavy atom. The molecule has 1 aliphatic rings. The Bertz CT molecular complexity index is 410. The number of benzene rings is 1. The van der Waals surface area contributed by atoms with Crippen LogP contribution in [0.1, 0.15) is 31.2 Å². The summed E-state index contributed by atoms with van der Waals surface area (Å²) in [6.45, 7) is 0. The third-order valence-corrected chi connectivity index (χ3v) is 3.43. The van der Waals surface area contributed by atoms with Gasteiger partial charge in [-0.15, -0.1) is 0 Å². The minimum absolute atomic E-state index is 0.0401. The smallest absolute Gasteiger partial charge is 0.125 e. The molecule has 0 aromatic heterocycles. The molecule has 3 N–H and O–H groups in total. The molecule has 94 valence electrons. The molecule has 0 bridgehead atoms. The lowest BCUT2D eigenvalue weighted by Gasteiger charge is -2.36. The SMILES string of the molecule is COc1ccc(F)cc1C1(O)CCCC(N)C1. The third-order valence-electron chi connectivity index (χ3n) is 3.43. The fourth-order valence-corrected chi connectivity index (χ4v) is 2.58. The highest BCUT2D eigenvalue weighted by molar-refractivity contribution is 5.39. The van der Waals surface area contributed by atoms with Gasteiger partial charge in [-0.2, -0.15) is 0 Å². The van der Waals surface area contributed by atoms with E-state index in [0.29, 0.717) is 24.2 Å². The van der Waals surface area contributed by atoms with Gasteiger partial charge >= 0.3 is 0 Å². The molecule has 17 heavy (non-hydrogen) atoms. The fourth-order valence-electron chi connectivity index (χ4n) is 2.58. The first-order valence-electron chi connectivity index (χ1n) is 5.87. The molecule has 0 aliphatic heterocycles. The summed E-state index contributed by atoms with van der Waals surface area (Å²) in [6.07, 6.45) is 2.80. The van der Waals surface area contributed by atoms with Crippen molar-refractivity contribution < 1.29 is 14.2 Å². The summed E-state index contributed by atoms with van der Waals surface area (Å²) >= 11 is 0. The van der Waals surface area contributed by atoms with Crippen LogP contribution < -0.4 is 10.5 Å². The minimum atomic E-state index is -1.06. The van der Waals surface area contributed by atoms with Gasteiger partial charge in [0, 0.05) is 11.6 Å². The van der Waals surface area contributed by atoms with E-state index in [1.54, 1.807) is 6.07 Å². The van der Waals surface area contributed by atoms with Gasteiger partial charge in [0.05, 0.1) is 12.7 Å². The van der Waals surface area contributed by atoms with Crippen molar-refractivity contribution >= 4 is 0 Å². The summed E-state index contributed by atoms with van der Waals surface area (Å²) in [5, 5.41) is 10.6. The Kier molecular flexibility index (Phi) is 3.35. The van der Waals surface area contributed by atoms with Crippen LogP contribution >= 0.6 is 0 Å². The van der Waals surface area contributed by atoms with E-state index < -0.39 is 5.60 Å². The van der Waals surface area contributed by atoms with E-state index in [0.717, 1.165) is 12.8 Å². The number of aliphatic hydroxyl groups is 1. The van der Waals surface area contributed by atoms with Crippen molar-refractivity contribution in [1.29, 1.82) is 0 Å². The van der Waals surface area contributed by atoms with Crippen molar-refractivity contribution in [3.05, 3.63) is 29.6 Å². The van der Waals surface area contributed by atoms with Crippen LogP contribution in [0.2, 0.25) is 0 Å². The Balaban J connectivity index is 2.40. The first-order valence-corrected chi connectivity index (χ1v) is 5.87. The van der Waals surface area contributed by atoms with Gasteiger partial charge in [0.1, 0.15) is 11.6 Å². The normalized spacial score (nSPS) is 29.1. The summed E-state index contributed by atoms with van der Waals surface area (Å²) in [4.78, 5) is 0. The van der Waals surface area contributed by atoms with Crippen LogP contribution in [0.25, 0.3) is 0 Å². The standard InChI is InChI=1S/C13H18FNO2/c1-17-12-5-4-9(14)7-11(12)13(16)6-2-3-10(15)8-13/h4-5,7,10,16H,2-3,6,8,15H2,1H3. The molecular formula is C13H18FNO2. The summed E-state index contributed by atoms with van der Waals surface area (Å²) in [5.41, 5.74) is 5.33. The van der Waals surface area contributed by atoms with Gasteiger partial charge in [0.2, 0.25) is 0 Å². The predicted octanol–water partition coefficient (Wildman–Crippen LogP) is 1.92. The molecule has 0 amide bonds. The highest BCUT2D eigenvalue weighted by Gasteiger charge is 2.37. The van der Waals surface area contributed by atoms with E-state index in [1.807, 2.05) is 0 Å². The quantitative estimate of drug-likeness (QED) is 0.829. The molecule has 0 radical (unpaired) electrons. The zero-order valence-corrected chi connectivity index (χ0v) is 9.95. The highest BCUT2D eigenvalue weighted by Crippen LogP contribution is 2.40. The molecule has 1 aliphatic carbocycles. The zero-order chi connectivity index (χ0) is 12.5. The number of methoxy groups -OCH3 is 1. The van der Waals surface area contributed by atoms with E-state index in [9.17, 15) is 9.50 Å². The van der Waals surface area contributed by atoms with Gasteiger partial charge in [0.25, 0.3) is 0 Å². The summed E-state index contributed by atoms with van der Waals surface area (Å²) in [6, 6.07) is 4.18. The molecule has 4 heteroatoms. The summed E-state index contributed by atoms with van der Waals surface area (Å²) < 4.78 is 18.5. The molecule has 0 spiro atoms. The van der Waals surface area contributed by atoms with Gasteiger partial charge in [-0.05, 0) is 43.9 Å². The number of ether oxygens (including phenoxy) is 1. The average Bonchev–Trinajstić information content (AvgIpc) is 2.28. The Morgan fingerprint density at radius 3 is 2.94 bits per heavy atom. The predicted molar refractivity (Wildman–Crippen MR) is 63.3 cm³/mol. The number of halogens is 1. The van der Waals surface area contributed by atoms with Gasteiger partial charge in [-0.1, -0.05) is 0 Å². The Hall–Kier alpha value is -1.13. The third kappa shape index (κ3) is 2.42. The molecule has 2 unspecified atom stereocenters. The van der Waals surface area contributed by atoms with Crippen molar-refractivity contribution in [3.63, 3.8) is 0 Å². The Labute approximate surface area is 100 Å². The van der Waals surface area contributed by atoms with Crippen molar-refractivity contribution in [2.45, 2.75) is 37.3 Å². The lowest BCUT2D eigenvalue weighted by atomic mass is 9.77. The van der Waals surface area contributed by atoms with Crippen LogP contribution in [0.5, 0.6) is 5.75 Å². The maximum Gasteiger partial charge on any atom is 0.125 e. The second kappa shape index (κ2) is 4.63. The van der Waals surface area contributed by atoms with Gasteiger partial charge in [-0.25, -0.2) is 4.39 Å². The molecule has 2 atom stereocenters. The molecule has 1 aromatic rings. The Morgan fingerprint density at radius 1 is 1.53 bits per heavy atom. The molecule has 3 nitrogen and oxygen atoms in total. The topological polar surface area (TPSA) is 55.5 Å². The highest BCUT2D eigenvalue weighted by atomic mass is 19.1. The van der Waals surface area contributed by atoms with Crippen LogP contribution in [0.4, 0.5) is 4.39 Å². The van der Waals surface area contributed by atoms with Crippen LogP contribution in [0, 0.1) is 5.82 Å². The van der Waals surface area contributed by atoms with Crippen molar-refractivity contribution in [2.75, 3.05) is 7.11 Å². The van der Waals surface area contributed by atoms with Crippen molar-refractivity contribution in [3.8, 4) is 5.75 Å². The maximum absolute atomic E-state index is 13.3. The molecule has 0 heterocycles. The summed E-state index contributed by atoms with van der Waals surface area (Å²) in [7, 11) is 1.52. The summed E-state index contributed by atoms with van der Waals surface area (Å²) in [5.74, 6) is 0.149. The van der Waals surface area contributed by atoms with E-state index in [4.69, 9.17) is 10.5 Å². The first kappa shape index (κ1) is 12.3. The average molecular weight is 239 g/mol. The van der Waals surface area contributed by atoms with Crippen molar-refractivity contribution in [1.82, 2.24) is 0 Å². The largest absolute Gasteiger partial charge is 0.496 e. The number of rotatable bonds is 2. The van der Waals surface area contributed by atoms with Crippen LogP contribution in [0.3, 0.4) is 0 Å². The second-order valence-corrected chi connectivity index (χ2v) is 4.73. The molecule has 1 fully saturated rings. The number of hydrogen-bond acceptors (Lipinski definition) is 3. The fraction of sp³-hybridized carbons (Fsp3) is 0.538. The van der Waals surface area contributed by atoms with E-state index in [1.165, 1.54) is 19.2 Å². The van der Waals surface area contributed by atoms with Gasteiger partial charge < -0.3 is 15.6 Å². The van der Waals surface area contributed by atoms with Crippen LogP contribution in [-0.2, 0) is 5.60 Å². The van der Waals surface area contributed by atoms with Crippen molar-refractivity contribution in [2.24, 2.45) is 5.73 Å². The molecule has 1 saturated carbocycles. The van der Waals surface area contributed by atoms with E-state index >= 15 is 0 Å². The molecule has 0 saturated heterocycles. The van der Waals surface area contributed by atoms with E-state index in [-0.39, 0.29) is 11.9 Å². The van der Waals surface area contributed by atoms with E-state index in [2.05, 4.69) is 0 Å². The minimum Gasteiger partial charge on any atom is -0.496 e. The lowest BCUT2D eigenvalue weighted by molar-refractivity contribution is -0.00927. The lowest BCUT2D eigenvalue weighted by Crippen LogP contribution is -2.39. The van der Waals surface area contributed by atoms with Gasteiger partial charge in [0.15, 0.2) is 0 Å². The monoisotopic (exact) mass is 239 g/mol. The van der Waals surface area contributed by atoms with Crippen LogP contribution in [-0.4, -0.2) is 18.3 Å². The van der Waals surface area contributed by atoms with Crippen LogP contribution in [0.15, 0.2) is 18.2 Å². The van der Waals surface area contributed by atoms with Gasteiger partial charge in [-0.3, -0.25) is 0 Å². The first-order chi connectivity index (χ1) is 8.05. The maximum atomic E-state index is 13.3. The molecule has 1 aromatic carbocycles. The molecular weight excluding hydrogens is 221 g/mol. The number of hydrogen-bond donors (Lipinski definition) is 2.